The Labute approximate surface area is 198 Å². The molecule has 5 rings (SSSR count). The van der Waals surface area contributed by atoms with Crippen LogP contribution < -0.4 is 10.2 Å². The second kappa shape index (κ2) is 9.36. The minimum absolute atomic E-state index is 0.229. The molecule has 0 bridgehead atoms. The lowest BCUT2D eigenvalue weighted by Crippen LogP contribution is -2.48. The molecule has 1 aromatic heterocycles. The first-order valence-electron chi connectivity index (χ1n) is 11.3. The Bertz CT molecular complexity index is 1280. The van der Waals surface area contributed by atoms with E-state index in [1.165, 1.54) is 12.1 Å². The molecule has 3 aromatic rings. The van der Waals surface area contributed by atoms with Gasteiger partial charge in [-0.15, -0.1) is 0 Å². The number of fused-ring (bicyclic) bond motifs is 1. The number of hydrogen-bond donors (Lipinski definition) is 1. The normalized spacial score (nSPS) is 14.9. The van der Waals surface area contributed by atoms with Crippen LogP contribution in [0.4, 0.5) is 10.2 Å². The van der Waals surface area contributed by atoms with Gasteiger partial charge in [0.05, 0.1) is 23.1 Å². The van der Waals surface area contributed by atoms with Crippen molar-refractivity contribution >= 4 is 17.5 Å². The molecule has 2 aliphatic rings. The van der Waals surface area contributed by atoms with Gasteiger partial charge < -0.3 is 15.1 Å². The topological polar surface area (TPSA) is 68.1 Å². The lowest BCUT2D eigenvalue weighted by Gasteiger charge is -2.38. The molecule has 7 heteroatoms. The van der Waals surface area contributed by atoms with E-state index in [0.29, 0.717) is 12.1 Å². The number of nitrogens with one attached hydrogen (secondary N) is 1. The number of rotatable bonds is 6. The van der Waals surface area contributed by atoms with Gasteiger partial charge in [0.1, 0.15) is 18.0 Å². The van der Waals surface area contributed by atoms with Crippen molar-refractivity contribution < 1.29 is 4.39 Å². The zero-order valence-corrected chi connectivity index (χ0v) is 18.8. The molecule has 34 heavy (non-hydrogen) atoms. The van der Waals surface area contributed by atoms with E-state index in [9.17, 15) is 9.65 Å². The van der Waals surface area contributed by atoms with Gasteiger partial charge in [-0.2, -0.15) is 5.26 Å². The minimum atomic E-state index is -0.229. The third-order valence-electron chi connectivity index (χ3n) is 6.36. The maximum absolute atomic E-state index is 13.1. The largest absolute Gasteiger partial charge is 0.368 e. The van der Waals surface area contributed by atoms with Gasteiger partial charge >= 0.3 is 0 Å². The second-order valence-electron chi connectivity index (χ2n) is 8.50. The smallest absolute Gasteiger partial charge is 0.139 e. The van der Waals surface area contributed by atoms with Crippen molar-refractivity contribution in [3.8, 4) is 6.07 Å². The molecule has 0 spiro atoms. The van der Waals surface area contributed by atoms with Crippen LogP contribution in [0, 0.1) is 17.1 Å². The Hall–Kier alpha value is -4.18. The summed E-state index contributed by atoms with van der Waals surface area (Å²) in [5.74, 6) is 1.60. The van der Waals surface area contributed by atoms with Crippen molar-refractivity contribution in [1.82, 2.24) is 20.2 Å². The van der Waals surface area contributed by atoms with Gasteiger partial charge in [0.15, 0.2) is 0 Å². The molecule has 2 heterocycles. The predicted molar refractivity (Wildman–Crippen MR) is 131 cm³/mol. The Morgan fingerprint density at radius 3 is 2.65 bits per heavy atom. The van der Waals surface area contributed by atoms with Gasteiger partial charge in [-0.1, -0.05) is 30.8 Å². The average molecular weight is 453 g/mol. The van der Waals surface area contributed by atoms with E-state index in [-0.39, 0.29) is 5.82 Å². The molecule has 1 aliphatic heterocycles. The summed E-state index contributed by atoms with van der Waals surface area (Å²) in [6, 6.07) is 16.4. The Morgan fingerprint density at radius 1 is 1.09 bits per heavy atom. The van der Waals surface area contributed by atoms with Crippen molar-refractivity contribution in [2.75, 3.05) is 31.1 Å². The highest BCUT2D eigenvalue weighted by atomic mass is 19.1. The zero-order valence-electron chi connectivity index (χ0n) is 18.8. The summed E-state index contributed by atoms with van der Waals surface area (Å²) in [6.07, 6.45) is 4.55. The number of anilines is 1. The molecule has 0 unspecified atom stereocenters. The molecule has 0 atom stereocenters. The number of halogens is 1. The Balaban J connectivity index is 1.24. The molecule has 0 radical (unpaired) electrons. The molecule has 1 aliphatic carbocycles. The summed E-state index contributed by atoms with van der Waals surface area (Å²) in [5.41, 5.74) is 5.98. The number of piperazine rings is 1. The highest BCUT2D eigenvalue weighted by Crippen LogP contribution is 2.35. The molecule has 1 fully saturated rings. The van der Waals surface area contributed by atoms with Crippen LogP contribution in [0.25, 0.3) is 11.6 Å². The first kappa shape index (κ1) is 21.7. The van der Waals surface area contributed by atoms with Gasteiger partial charge in [-0.05, 0) is 47.0 Å². The van der Waals surface area contributed by atoms with Crippen molar-refractivity contribution in [1.29, 1.82) is 5.26 Å². The van der Waals surface area contributed by atoms with Gasteiger partial charge in [0.2, 0.25) is 0 Å². The molecule has 170 valence electrons. The fraction of sp³-hybridized carbons (Fsp3) is 0.222. The number of benzene rings is 2. The highest BCUT2D eigenvalue weighted by Gasteiger charge is 2.25. The number of aromatic nitrogens is 2. The summed E-state index contributed by atoms with van der Waals surface area (Å²) in [4.78, 5) is 13.7. The maximum atomic E-state index is 13.1. The third-order valence-corrected chi connectivity index (χ3v) is 6.36. The van der Waals surface area contributed by atoms with E-state index in [2.05, 4.69) is 43.8 Å². The van der Waals surface area contributed by atoms with Crippen molar-refractivity contribution in [2.45, 2.75) is 13.0 Å². The quantitative estimate of drug-likeness (QED) is 0.611. The van der Waals surface area contributed by atoms with Gasteiger partial charge in [0, 0.05) is 44.7 Å². The van der Waals surface area contributed by atoms with E-state index in [0.717, 1.165) is 72.2 Å². The summed E-state index contributed by atoms with van der Waals surface area (Å²) < 4.78 is 13.1. The Morgan fingerprint density at radius 2 is 1.88 bits per heavy atom. The SMILES string of the molecule is C=C(NCc1ccc(F)cc1)N1CCN(c2ncnc3c2C=C(c2cccc(C#N)c2)C3)CC1. The van der Waals surface area contributed by atoms with Crippen LogP contribution in [0.5, 0.6) is 0 Å². The lowest BCUT2D eigenvalue weighted by molar-refractivity contribution is 0.300. The van der Waals surface area contributed by atoms with Gasteiger partial charge in [-0.3, -0.25) is 0 Å². The number of hydrogen-bond acceptors (Lipinski definition) is 6. The van der Waals surface area contributed by atoms with E-state index in [4.69, 9.17) is 0 Å². The molecule has 0 amide bonds. The molecule has 0 saturated carbocycles. The average Bonchev–Trinajstić information content (AvgIpc) is 3.33. The molecule has 6 nitrogen and oxygen atoms in total. The van der Waals surface area contributed by atoms with Gasteiger partial charge in [-0.25, -0.2) is 14.4 Å². The van der Waals surface area contributed by atoms with Crippen LogP contribution in [0.2, 0.25) is 0 Å². The maximum Gasteiger partial charge on any atom is 0.139 e. The molecule has 1 N–H and O–H groups in total. The molecular formula is C27H25FN6. The van der Waals surface area contributed by atoms with E-state index in [1.807, 2.05) is 24.3 Å². The first-order chi connectivity index (χ1) is 16.6. The molecular weight excluding hydrogens is 427 g/mol. The fourth-order valence-electron chi connectivity index (χ4n) is 4.45. The molecule has 1 saturated heterocycles. The van der Waals surface area contributed by atoms with Gasteiger partial charge in [0.25, 0.3) is 0 Å². The zero-order chi connectivity index (χ0) is 23.5. The minimum Gasteiger partial charge on any atom is -0.368 e. The first-order valence-corrected chi connectivity index (χ1v) is 11.3. The van der Waals surface area contributed by atoms with Crippen molar-refractivity contribution in [3.63, 3.8) is 0 Å². The third kappa shape index (κ3) is 4.48. The van der Waals surface area contributed by atoms with Crippen LogP contribution in [0.3, 0.4) is 0 Å². The fourth-order valence-corrected chi connectivity index (χ4v) is 4.45. The molecule has 2 aromatic carbocycles. The highest BCUT2D eigenvalue weighted by molar-refractivity contribution is 5.91. The monoisotopic (exact) mass is 452 g/mol. The number of nitrogens with zero attached hydrogens (tertiary/aromatic N) is 5. The van der Waals surface area contributed by atoms with Crippen LogP contribution >= 0.6 is 0 Å². The van der Waals surface area contributed by atoms with Crippen molar-refractivity contribution in [2.24, 2.45) is 0 Å². The standard InChI is InChI=1S/C27H25FN6/c1-19(30-17-20-5-7-24(28)8-6-20)33-9-11-34(12-10-33)27-25-14-23(15-26(25)31-18-32-27)22-4-2-3-21(13-22)16-29/h2-8,13-14,18,30H,1,9-12,15,17H2. The van der Waals surface area contributed by atoms with Crippen LogP contribution in [-0.2, 0) is 13.0 Å². The van der Waals surface area contributed by atoms with E-state index >= 15 is 0 Å². The number of allylic oxidation sites excluding steroid dienone is 1. The van der Waals surface area contributed by atoms with E-state index < -0.39 is 0 Å². The Kier molecular flexibility index (Phi) is 5.96. The summed E-state index contributed by atoms with van der Waals surface area (Å²) >= 11 is 0. The van der Waals surface area contributed by atoms with Crippen LogP contribution in [0.1, 0.15) is 27.9 Å². The van der Waals surface area contributed by atoms with Crippen molar-refractivity contribution in [3.05, 3.63) is 101 Å². The summed E-state index contributed by atoms with van der Waals surface area (Å²) in [7, 11) is 0. The summed E-state index contributed by atoms with van der Waals surface area (Å²) in [6.45, 7) is 8.11. The second-order valence-corrected chi connectivity index (χ2v) is 8.50. The number of nitriles is 1. The summed E-state index contributed by atoms with van der Waals surface area (Å²) in [5, 5.41) is 12.6. The van der Waals surface area contributed by atoms with Crippen LogP contribution in [-0.4, -0.2) is 41.0 Å². The van der Waals surface area contributed by atoms with Crippen LogP contribution in [0.15, 0.2) is 67.3 Å². The lowest BCUT2D eigenvalue weighted by atomic mass is 10.0. The predicted octanol–water partition coefficient (Wildman–Crippen LogP) is 3.97. The van der Waals surface area contributed by atoms with E-state index in [1.54, 1.807) is 18.5 Å².